The zero-order chi connectivity index (χ0) is 41.3. The van der Waals surface area contributed by atoms with E-state index in [9.17, 15) is 24.9 Å². The van der Waals surface area contributed by atoms with E-state index in [0.29, 0.717) is 35.6 Å². The maximum Gasteiger partial charge on any atom is 0.251 e. The molecule has 2 amide bonds. The number of hydroxylamine groups is 2. The number of carbonyl (C=O) groups excluding carboxylic acids is 2. The van der Waals surface area contributed by atoms with Gasteiger partial charge in [-0.1, -0.05) is 57.2 Å². The monoisotopic (exact) mass is 787 g/mol. The van der Waals surface area contributed by atoms with Crippen LogP contribution < -0.4 is 20.3 Å². The molecule has 5 N–H and O–H groups in total. The van der Waals surface area contributed by atoms with Crippen LogP contribution in [-0.4, -0.2) is 122 Å². The van der Waals surface area contributed by atoms with Crippen molar-refractivity contribution in [2.75, 3.05) is 53.4 Å². The molecule has 0 radical (unpaired) electrons. The minimum atomic E-state index is -0.917. The molecule has 312 valence electrons. The summed E-state index contributed by atoms with van der Waals surface area (Å²) in [5, 5.41) is 40.8. The molecular formula is C45H65N5O7. The van der Waals surface area contributed by atoms with E-state index in [1.807, 2.05) is 92.6 Å². The Labute approximate surface area is 338 Å². The topological polar surface area (TPSA) is 147 Å². The van der Waals surface area contributed by atoms with Crippen LogP contribution in [-0.2, 0) is 16.2 Å². The quantitative estimate of drug-likeness (QED) is 0.176. The summed E-state index contributed by atoms with van der Waals surface area (Å²) >= 11 is 0. The Morgan fingerprint density at radius 1 is 1.09 bits per heavy atom. The third-order valence-corrected chi connectivity index (χ3v) is 13.3. The third kappa shape index (κ3) is 8.82. The number of amides is 2. The van der Waals surface area contributed by atoms with E-state index in [2.05, 4.69) is 31.4 Å². The van der Waals surface area contributed by atoms with Crippen LogP contribution in [0.2, 0.25) is 0 Å². The number of ether oxygens (including phenoxy) is 1. The first-order chi connectivity index (χ1) is 27.0. The van der Waals surface area contributed by atoms with Gasteiger partial charge < -0.3 is 40.5 Å². The third-order valence-electron chi connectivity index (χ3n) is 13.3. The minimum absolute atomic E-state index is 0.0230. The van der Waals surface area contributed by atoms with Gasteiger partial charge in [0.15, 0.2) is 0 Å². The van der Waals surface area contributed by atoms with Gasteiger partial charge in [0.1, 0.15) is 24.0 Å². The van der Waals surface area contributed by atoms with E-state index in [-0.39, 0.29) is 36.4 Å². The van der Waals surface area contributed by atoms with Crippen LogP contribution in [0, 0.1) is 29.1 Å². The second-order valence-corrected chi connectivity index (χ2v) is 17.9. The second-order valence-electron chi connectivity index (χ2n) is 17.9. The summed E-state index contributed by atoms with van der Waals surface area (Å²) in [7, 11) is 9.25. The number of hydrogen-bond donors (Lipinski definition) is 5. The average Bonchev–Trinajstić information content (AvgIpc) is 3.56. The number of aliphatic hydroxyl groups excluding tert-OH is 3. The fraction of sp³-hybridized carbons (Fsp3) is 0.600. The highest BCUT2D eigenvalue weighted by Gasteiger charge is 2.57. The lowest BCUT2D eigenvalue weighted by molar-refractivity contribution is -0.183. The van der Waals surface area contributed by atoms with E-state index in [4.69, 9.17) is 9.57 Å². The fourth-order valence-corrected chi connectivity index (χ4v) is 9.94. The molecule has 2 aromatic carbocycles. The van der Waals surface area contributed by atoms with E-state index in [0.717, 1.165) is 47.2 Å². The van der Waals surface area contributed by atoms with Crippen molar-refractivity contribution in [2.45, 2.75) is 96.4 Å². The Morgan fingerprint density at radius 3 is 2.44 bits per heavy atom. The number of likely N-dealkylation sites (N-methyl/N-ethyl adjacent to an activating group) is 1. The summed E-state index contributed by atoms with van der Waals surface area (Å²) < 4.78 is 6.10. The van der Waals surface area contributed by atoms with Gasteiger partial charge in [-0.3, -0.25) is 14.4 Å². The number of hydrogen-bond acceptors (Lipinski definition) is 10. The van der Waals surface area contributed by atoms with Crippen molar-refractivity contribution in [2.24, 2.45) is 29.1 Å². The van der Waals surface area contributed by atoms with Crippen LogP contribution in [0.3, 0.4) is 0 Å². The van der Waals surface area contributed by atoms with E-state index in [1.54, 1.807) is 19.1 Å². The van der Waals surface area contributed by atoms with E-state index in [1.165, 1.54) is 6.42 Å². The number of benzene rings is 2. The predicted octanol–water partition coefficient (Wildman–Crippen LogP) is 4.39. The Morgan fingerprint density at radius 2 is 1.84 bits per heavy atom. The molecule has 4 fully saturated rings. The van der Waals surface area contributed by atoms with Crippen molar-refractivity contribution in [1.29, 1.82) is 0 Å². The number of methoxy groups -OCH3 is 1. The zero-order valence-electron chi connectivity index (χ0n) is 35.2. The van der Waals surface area contributed by atoms with Crippen molar-refractivity contribution in [3.63, 3.8) is 0 Å². The van der Waals surface area contributed by atoms with Crippen molar-refractivity contribution in [1.82, 2.24) is 20.6 Å². The van der Waals surface area contributed by atoms with Gasteiger partial charge in [-0.25, -0.2) is 0 Å². The molecule has 3 saturated carbocycles. The Bertz CT molecular complexity index is 1820. The minimum Gasteiger partial charge on any atom is -0.496 e. The Hall–Kier alpha value is -3.78. The number of anilines is 1. The van der Waals surface area contributed by atoms with Crippen molar-refractivity contribution in [3.05, 3.63) is 71.3 Å². The number of para-hydroxylation sites is 1. The van der Waals surface area contributed by atoms with Crippen LogP contribution in [0.5, 0.6) is 5.75 Å². The second kappa shape index (κ2) is 17.6. The van der Waals surface area contributed by atoms with Crippen LogP contribution in [0.4, 0.5) is 5.69 Å². The van der Waals surface area contributed by atoms with Gasteiger partial charge >= 0.3 is 0 Å². The molecule has 1 aliphatic heterocycles. The number of fused-ring (bicyclic) bond motifs is 2. The first kappa shape index (κ1) is 42.8. The van der Waals surface area contributed by atoms with Gasteiger partial charge in [-0.05, 0) is 99.2 Å². The van der Waals surface area contributed by atoms with Gasteiger partial charge in [-0.15, -0.1) is 0 Å². The van der Waals surface area contributed by atoms with Gasteiger partial charge in [0.2, 0.25) is 5.91 Å². The summed E-state index contributed by atoms with van der Waals surface area (Å²) in [5.41, 5.74) is 4.51. The lowest BCUT2D eigenvalue weighted by Gasteiger charge is -2.62. The number of rotatable bonds is 15. The number of carbonyl (C=O) groups is 2. The molecule has 12 heteroatoms. The highest BCUT2D eigenvalue weighted by Crippen LogP contribution is 2.61. The summed E-state index contributed by atoms with van der Waals surface area (Å²) in [5.74, 6) is 0.780. The molecule has 0 aromatic heterocycles. The number of aliphatic hydroxyl groups is 3. The first-order valence-electron chi connectivity index (χ1n) is 20.6. The summed E-state index contributed by atoms with van der Waals surface area (Å²) in [6, 6.07) is 10.0. The molecule has 0 unspecified atom stereocenters. The number of nitrogens with zero attached hydrogens (tertiary/aromatic N) is 3. The van der Waals surface area contributed by atoms with Gasteiger partial charge in [0.05, 0.1) is 32.4 Å². The van der Waals surface area contributed by atoms with E-state index < -0.39 is 36.3 Å². The molecule has 1 heterocycles. The van der Waals surface area contributed by atoms with E-state index >= 15 is 0 Å². The highest BCUT2D eigenvalue weighted by molar-refractivity contribution is 5.97. The molecule has 1 saturated heterocycles. The van der Waals surface area contributed by atoms with Crippen LogP contribution in [0.25, 0.3) is 11.1 Å². The predicted molar refractivity (Wildman–Crippen MR) is 223 cm³/mol. The standard InChI is InChI=1S/C45H65N5O7/c1-26-35-21-32(45(35,3)4)22-36(26)46-44(55)40-39(27(2)52)38(25-51)57-50(40)23-29-16-13-17-34(42(29)56-9)30-18-31(20-33(19-30)49(7)8)43(54)47-37(24-48(5)6)41(53)28-14-11-10-12-15-28/h11,13-20,26-27,32,35-41,51-53H,10,12,21-25H2,1-9H3,(H,46,55)(H,47,54)/t26-,27-,32-,35+,36-,37+,38-,39+,40-,41+/m0/s1. The van der Waals surface area contributed by atoms with Crippen LogP contribution >= 0.6 is 0 Å². The molecule has 0 spiro atoms. The average molecular weight is 788 g/mol. The molecule has 2 aromatic rings. The molecule has 7 rings (SSSR count). The van der Waals surface area contributed by atoms with Crippen LogP contribution in [0.15, 0.2) is 60.2 Å². The van der Waals surface area contributed by atoms with Crippen molar-refractivity contribution < 1.29 is 34.5 Å². The molecule has 10 atom stereocenters. The number of nitrogens with one attached hydrogen (secondary N) is 2. The maximum absolute atomic E-state index is 14.3. The van der Waals surface area contributed by atoms with Gasteiger partial charge in [0.25, 0.3) is 5.91 Å². The lowest BCUT2D eigenvalue weighted by atomic mass is 9.45. The SMILES string of the molecule is COc1c(CN2O[C@@H](CO)[C@@H]([C@H](C)O)[C@H]2C(=O)N[C@H]2C[C@@H]3C[C@H]([C@@H]2C)C3(C)C)cccc1-c1cc(C(=O)N[C@H](CN(C)C)[C@H](O)C2=CCCC=C2)cc(N(C)C)c1. The summed E-state index contributed by atoms with van der Waals surface area (Å²) in [6.07, 6.45) is 7.33. The molecule has 4 aliphatic carbocycles. The van der Waals surface area contributed by atoms with Crippen molar-refractivity contribution in [3.8, 4) is 16.9 Å². The largest absolute Gasteiger partial charge is 0.496 e. The summed E-state index contributed by atoms with van der Waals surface area (Å²) in [4.78, 5) is 38.5. The Balaban J connectivity index is 1.29. The lowest BCUT2D eigenvalue weighted by Crippen LogP contribution is -2.62. The zero-order valence-corrected chi connectivity index (χ0v) is 35.2. The fourth-order valence-electron chi connectivity index (χ4n) is 9.94. The van der Waals surface area contributed by atoms with Gasteiger partial charge in [-0.2, -0.15) is 5.06 Å². The molecular weight excluding hydrogens is 723 g/mol. The normalized spacial score (nSPS) is 28.2. The molecule has 2 bridgehead atoms. The molecule has 5 aliphatic rings. The highest BCUT2D eigenvalue weighted by atomic mass is 16.7. The Kier molecular flexibility index (Phi) is 13.2. The molecule has 12 nitrogen and oxygen atoms in total. The van der Waals surface area contributed by atoms with Crippen molar-refractivity contribution >= 4 is 17.5 Å². The van der Waals surface area contributed by atoms with Crippen LogP contribution in [0.1, 0.15) is 69.3 Å². The molecule has 57 heavy (non-hydrogen) atoms. The maximum atomic E-state index is 14.3. The number of allylic oxidation sites excluding steroid dienone is 2. The smallest absolute Gasteiger partial charge is 0.251 e. The first-order valence-corrected chi connectivity index (χ1v) is 20.6. The van der Waals surface area contributed by atoms with Gasteiger partial charge in [0, 0.05) is 55.0 Å². The summed E-state index contributed by atoms with van der Waals surface area (Å²) in [6.45, 7) is 8.76.